The zero-order chi connectivity index (χ0) is 11.6. The molecule has 1 fully saturated rings. The summed E-state index contributed by atoms with van der Waals surface area (Å²) in [7, 11) is 0. The summed E-state index contributed by atoms with van der Waals surface area (Å²) in [4.78, 5) is 12.6. The Morgan fingerprint density at radius 3 is 3.24 bits per heavy atom. The first-order valence-corrected chi connectivity index (χ1v) is 5.55. The average Bonchev–Trinajstić information content (AvgIpc) is 2.81. The smallest absolute Gasteiger partial charge is 0.167 e. The second-order valence-corrected chi connectivity index (χ2v) is 4.47. The van der Waals surface area contributed by atoms with Crippen molar-refractivity contribution in [1.29, 1.82) is 0 Å². The largest absolute Gasteiger partial charge is 0.390 e. The number of nitrogen functional groups attached to an aromatic ring is 1. The molecule has 0 spiro atoms. The number of anilines is 1. The molecule has 7 heteroatoms. The molecule has 2 bridgehead atoms. The normalized spacial score (nSPS) is 30.8. The van der Waals surface area contributed by atoms with E-state index in [1.54, 1.807) is 0 Å². The molecule has 1 saturated heterocycles. The number of rotatable bonds is 0. The first kappa shape index (κ1) is 9.32. The molecule has 3 N–H and O–H groups in total. The highest BCUT2D eigenvalue weighted by Crippen LogP contribution is 2.38. The van der Waals surface area contributed by atoms with Crippen LogP contribution in [0.4, 0.5) is 5.82 Å². The van der Waals surface area contributed by atoms with Crippen LogP contribution in [-0.4, -0.2) is 36.8 Å². The Labute approximate surface area is 96.3 Å². The number of hydrogen-bond acceptors (Lipinski definition) is 6. The van der Waals surface area contributed by atoms with Crippen LogP contribution in [-0.2, 0) is 11.2 Å². The molecule has 4 heterocycles. The third-order valence-electron chi connectivity index (χ3n) is 3.45. The van der Waals surface area contributed by atoms with Crippen LogP contribution in [0.1, 0.15) is 18.5 Å². The van der Waals surface area contributed by atoms with Gasteiger partial charge in [-0.2, -0.15) is 0 Å². The lowest BCUT2D eigenvalue weighted by molar-refractivity contribution is -0.0363. The van der Waals surface area contributed by atoms with Gasteiger partial charge in [0.05, 0.1) is 12.2 Å². The molecule has 2 aliphatic heterocycles. The molecule has 0 saturated carbocycles. The van der Waals surface area contributed by atoms with Crippen molar-refractivity contribution < 1.29 is 9.84 Å². The van der Waals surface area contributed by atoms with Crippen LogP contribution < -0.4 is 5.73 Å². The van der Waals surface area contributed by atoms with Crippen molar-refractivity contribution in [3.8, 4) is 0 Å². The maximum absolute atomic E-state index is 9.79. The molecular formula is C10H11N5O2. The van der Waals surface area contributed by atoms with Crippen molar-refractivity contribution in [3.63, 3.8) is 0 Å². The number of ether oxygens (including phenoxy) is 1. The molecule has 7 nitrogen and oxygen atoms in total. The highest BCUT2D eigenvalue weighted by Gasteiger charge is 2.42. The van der Waals surface area contributed by atoms with E-state index < -0.39 is 6.10 Å². The van der Waals surface area contributed by atoms with Gasteiger partial charge in [-0.3, -0.25) is 4.57 Å². The van der Waals surface area contributed by atoms with Crippen LogP contribution in [0.15, 0.2) is 6.33 Å². The van der Waals surface area contributed by atoms with Gasteiger partial charge in [0, 0.05) is 12.8 Å². The van der Waals surface area contributed by atoms with Gasteiger partial charge in [-0.1, -0.05) is 0 Å². The summed E-state index contributed by atoms with van der Waals surface area (Å²) in [6.07, 6.45) is 1.83. The number of aromatic nitrogens is 4. The van der Waals surface area contributed by atoms with Crippen LogP contribution in [0.2, 0.25) is 0 Å². The zero-order valence-corrected chi connectivity index (χ0v) is 8.95. The van der Waals surface area contributed by atoms with E-state index in [4.69, 9.17) is 10.5 Å². The molecule has 0 aliphatic carbocycles. The van der Waals surface area contributed by atoms with E-state index in [-0.39, 0.29) is 12.3 Å². The van der Waals surface area contributed by atoms with Crippen LogP contribution in [0.3, 0.4) is 0 Å². The summed E-state index contributed by atoms with van der Waals surface area (Å²) in [6.45, 7) is 0. The minimum Gasteiger partial charge on any atom is -0.390 e. The Kier molecular flexibility index (Phi) is 1.61. The van der Waals surface area contributed by atoms with E-state index in [2.05, 4.69) is 15.0 Å². The second-order valence-electron chi connectivity index (χ2n) is 4.47. The lowest BCUT2D eigenvalue weighted by atomic mass is 10.1. The Morgan fingerprint density at radius 1 is 1.47 bits per heavy atom. The average molecular weight is 233 g/mol. The highest BCUT2D eigenvalue weighted by atomic mass is 16.5. The lowest BCUT2D eigenvalue weighted by Crippen LogP contribution is -2.27. The predicted octanol–water partition coefficient (Wildman–Crippen LogP) is -0.387. The maximum atomic E-state index is 9.79. The number of aliphatic hydroxyl groups excluding tert-OH is 1. The van der Waals surface area contributed by atoms with Crippen molar-refractivity contribution in [2.45, 2.75) is 31.3 Å². The van der Waals surface area contributed by atoms with E-state index in [1.165, 1.54) is 6.33 Å². The highest BCUT2D eigenvalue weighted by molar-refractivity contribution is 5.82. The Morgan fingerprint density at radius 2 is 2.35 bits per heavy atom. The topological polar surface area (TPSA) is 99.1 Å². The Hall–Kier alpha value is -1.73. The molecule has 0 unspecified atom stereocenters. The van der Waals surface area contributed by atoms with Crippen molar-refractivity contribution in [3.05, 3.63) is 12.2 Å². The van der Waals surface area contributed by atoms with E-state index >= 15 is 0 Å². The third kappa shape index (κ3) is 1.10. The minimum atomic E-state index is -0.420. The zero-order valence-electron chi connectivity index (χ0n) is 8.95. The summed E-state index contributed by atoms with van der Waals surface area (Å²) in [5, 5.41) is 9.79. The van der Waals surface area contributed by atoms with E-state index in [9.17, 15) is 5.11 Å². The van der Waals surface area contributed by atoms with E-state index in [1.807, 2.05) is 4.57 Å². The fraction of sp³-hybridized carbons (Fsp3) is 0.500. The Balaban J connectivity index is 1.99. The van der Waals surface area contributed by atoms with Crippen LogP contribution in [0, 0.1) is 0 Å². The quantitative estimate of drug-likeness (QED) is 0.643. The summed E-state index contributed by atoms with van der Waals surface area (Å²) in [6, 6.07) is 0. The molecule has 2 aromatic rings. The molecule has 3 atom stereocenters. The number of nitrogens with two attached hydrogens (primary N) is 1. The van der Waals surface area contributed by atoms with Crippen LogP contribution in [0.5, 0.6) is 0 Å². The van der Waals surface area contributed by atoms with Crippen molar-refractivity contribution in [2.75, 3.05) is 5.73 Å². The first-order valence-electron chi connectivity index (χ1n) is 5.55. The van der Waals surface area contributed by atoms with Gasteiger partial charge < -0.3 is 15.6 Å². The molecule has 0 radical (unpaired) electrons. The summed E-state index contributed by atoms with van der Waals surface area (Å²) >= 11 is 0. The molecule has 17 heavy (non-hydrogen) atoms. The SMILES string of the molecule is Nc1ncnc2c1nc1n2[C@@H]2C[C@H](O)[C@@H](C1)O2. The molecule has 88 valence electrons. The number of hydrogen-bond donors (Lipinski definition) is 2. The standard InChI is InChI=1S/C10H11N5O2/c11-9-8-10(13-3-12-9)15-6(14-8)2-5-4(16)1-7(15)17-5/h3-5,7,16H,1-2H2,(H2,11,12,13)/t4-,5+,7-/m0/s1. The minimum absolute atomic E-state index is 0.154. The van der Waals surface area contributed by atoms with Gasteiger partial charge in [0.25, 0.3) is 0 Å². The van der Waals surface area contributed by atoms with Gasteiger partial charge in [-0.05, 0) is 0 Å². The van der Waals surface area contributed by atoms with Gasteiger partial charge in [0.1, 0.15) is 18.4 Å². The fourth-order valence-corrected chi connectivity index (χ4v) is 2.65. The molecule has 0 aromatic carbocycles. The van der Waals surface area contributed by atoms with Gasteiger partial charge in [-0.15, -0.1) is 0 Å². The van der Waals surface area contributed by atoms with Crippen molar-refractivity contribution in [1.82, 2.24) is 19.5 Å². The van der Waals surface area contributed by atoms with E-state index in [0.29, 0.717) is 29.8 Å². The number of fused-ring (bicyclic) bond motifs is 6. The number of imidazole rings is 1. The lowest BCUT2D eigenvalue weighted by Gasteiger charge is -2.22. The van der Waals surface area contributed by atoms with Gasteiger partial charge in [-0.25, -0.2) is 15.0 Å². The van der Waals surface area contributed by atoms with Gasteiger partial charge in [0.2, 0.25) is 0 Å². The number of nitrogens with zero attached hydrogens (tertiary/aromatic N) is 4. The summed E-state index contributed by atoms with van der Waals surface area (Å²) < 4.78 is 7.63. The molecule has 2 aliphatic rings. The maximum Gasteiger partial charge on any atom is 0.167 e. The van der Waals surface area contributed by atoms with Crippen molar-refractivity contribution in [2.24, 2.45) is 0 Å². The van der Waals surface area contributed by atoms with Crippen LogP contribution in [0.25, 0.3) is 11.2 Å². The second kappa shape index (κ2) is 2.93. The molecule has 2 aromatic heterocycles. The van der Waals surface area contributed by atoms with Crippen LogP contribution >= 0.6 is 0 Å². The molecule has 4 rings (SSSR count). The van der Waals surface area contributed by atoms with E-state index in [0.717, 1.165) is 5.82 Å². The first-order chi connectivity index (χ1) is 8.24. The Bertz CT molecular complexity index is 608. The van der Waals surface area contributed by atoms with Crippen molar-refractivity contribution >= 4 is 17.0 Å². The van der Waals surface area contributed by atoms with Gasteiger partial charge in [0.15, 0.2) is 17.0 Å². The predicted molar refractivity (Wildman–Crippen MR) is 58.0 cm³/mol. The molecular weight excluding hydrogens is 222 g/mol. The third-order valence-corrected chi connectivity index (χ3v) is 3.45. The molecule has 0 amide bonds. The summed E-state index contributed by atoms with van der Waals surface area (Å²) in [5.74, 6) is 1.25. The van der Waals surface area contributed by atoms with Gasteiger partial charge >= 0.3 is 0 Å². The monoisotopic (exact) mass is 233 g/mol. The summed E-state index contributed by atoms with van der Waals surface area (Å²) in [5.41, 5.74) is 7.08. The number of aliphatic hydroxyl groups is 1. The fourth-order valence-electron chi connectivity index (χ4n) is 2.65.